The van der Waals surface area contributed by atoms with E-state index in [0.717, 1.165) is 4.57 Å². The Hall–Kier alpha value is -1.53. The summed E-state index contributed by atoms with van der Waals surface area (Å²) >= 11 is 0. The smallest absolute Gasteiger partial charge is 0.337 e. The van der Waals surface area contributed by atoms with Crippen molar-refractivity contribution in [3.63, 3.8) is 0 Å². The van der Waals surface area contributed by atoms with Gasteiger partial charge in [-0.15, -0.1) is 0 Å². The number of carbonyl (C=O) groups is 1. The number of aromatic nitrogens is 2. The van der Waals surface area contributed by atoms with Crippen LogP contribution in [0.15, 0.2) is 18.7 Å². The molecule has 4 nitrogen and oxygen atoms in total. The molecule has 84 valence electrons. The number of carbonyl (C=O) groups excluding carboxylic acids is 1. The third-order valence-corrected chi connectivity index (χ3v) is 1.65. The number of halogens is 3. The van der Waals surface area contributed by atoms with Crippen LogP contribution in [0, 0.1) is 0 Å². The van der Waals surface area contributed by atoms with Crippen molar-refractivity contribution in [3.8, 4) is 0 Å². The molecule has 1 N–H and O–H groups in total. The highest BCUT2D eigenvalue weighted by Gasteiger charge is 2.25. The second-order valence-electron chi connectivity index (χ2n) is 2.92. The zero-order chi connectivity index (χ0) is 11.3. The maximum atomic E-state index is 11.7. The summed E-state index contributed by atoms with van der Waals surface area (Å²) in [5.41, 5.74) is 0. The topological polar surface area (TPSA) is 46.9 Å². The largest absolute Gasteiger partial charge is 0.389 e. The van der Waals surface area contributed by atoms with Crippen molar-refractivity contribution in [2.45, 2.75) is 19.0 Å². The zero-order valence-corrected chi connectivity index (χ0v) is 7.79. The van der Waals surface area contributed by atoms with Crippen molar-refractivity contribution in [1.82, 2.24) is 14.9 Å². The molecule has 1 amide bonds. The van der Waals surface area contributed by atoms with Crippen LogP contribution in [-0.2, 0) is 0 Å². The standard InChI is InChI=1S/C8H10F3N3O/c9-8(10,11)2-1-3-13-7(15)14-5-4-12-6-14/h4-6H,1-3H2,(H,13,15). The number of imidazole rings is 1. The quantitative estimate of drug-likeness (QED) is 0.791. The van der Waals surface area contributed by atoms with E-state index >= 15 is 0 Å². The molecule has 0 saturated carbocycles. The van der Waals surface area contributed by atoms with E-state index in [-0.39, 0.29) is 13.0 Å². The Kier molecular flexibility index (Phi) is 3.70. The molecule has 1 aromatic heterocycles. The lowest BCUT2D eigenvalue weighted by molar-refractivity contribution is -0.135. The van der Waals surface area contributed by atoms with E-state index in [4.69, 9.17) is 0 Å². The lowest BCUT2D eigenvalue weighted by Crippen LogP contribution is -2.29. The molecule has 1 rings (SSSR count). The van der Waals surface area contributed by atoms with Gasteiger partial charge in [-0.25, -0.2) is 9.78 Å². The summed E-state index contributed by atoms with van der Waals surface area (Å²) in [6, 6.07) is -0.477. The fourth-order valence-electron chi connectivity index (χ4n) is 0.955. The van der Waals surface area contributed by atoms with E-state index in [1.165, 1.54) is 18.7 Å². The van der Waals surface area contributed by atoms with Gasteiger partial charge in [-0.2, -0.15) is 13.2 Å². The Labute approximate surface area is 84.1 Å². The van der Waals surface area contributed by atoms with E-state index in [0.29, 0.717) is 0 Å². The lowest BCUT2D eigenvalue weighted by atomic mass is 10.3. The first-order chi connectivity index (χ1) is 6.99. The average Bonchev–Trinajstić information content (AvgIpc) is 2.63. The molecule has 0 spiro atoms. The molecule has 0 aliphatic carbocycles. The molecule has 0 aliphatic heterocycles. The van der Waals surface area contributed by atoms with Gasteiger partial charge in [0.25, 0.3) is 0 Å². The minimum absolute atomic E-state index is 0.00345. The molecule has 0 aromatic carbocycles. The van der Waals surface area contributed by atoms with Crippen LogP contribution in [-0.4, -0.2) is 28.3 Å². The fraction of sp³-hybridized carbons (Fsp3) is 0.500. The van der Waals surface area contributed by atoms with Gasteiger partial charge in [0.15, 0.2) is 0 Å². The predicted molar refractivity (Wildman–Crippen MR) is 46.3 cm³/mol. The van der Waals surface area contributed by atoms with Crippen LogP contribution in [0.3, 0.4) is 0 Å². The molecule has 0 fully saturated rings. The minimum atomic E-state index is -4.17. The number of rotatable bonds is 3. The van der Waals surface area contributed by atoms with E-state index in [1.807, 2.05) is 0 Å². The highest BCUT2D eigenvalue weighted by molar-refractivity contribution is 5.76. The van der Waals surface area contributed by atoms with Gasteiger partial charge in [0.05, 0.1) is 0 Å². The third kappa shape index (κ3) is 4.48. The van der Waals surface area contributed by atoms with Crippen molar-refractivity contribution in [2.24, 2.45) is 0 Å². The number of hydrogen-bond donors (Lipinski definition) is 1. The van der Waals surface area contributed by atoms with Gasteiger partial charge in [-0.3, -0.25) is 4.57 Å². The van der Waals surface area contributed by atoms with Crippen LogP contribution in [0.25, 0.3) is 0 Å². The summed E-state index contributed by atoms with van der Waals surface area (Å²) < 4.78 is 36.3. The number of amides is 1. The molecule has 0 unspecified atom stereocenters. The summed E-state index contributed by atoms with van der Waals surface area (Å²) in [5.74, 6) is 0. The molecule has 0 aliphatic rings. The molecule has 0 saturated heterocycles. The number of alkyl halides is 3. The molecular weight excluding hydrogens is 211 g/mol. The van der Waals surface area contributed by atoms with Gasteiger partial charge in [0, 0.05) is 25.4 Å². The van der Waals surface area contributed by atoms with Gasteiger partial charge in [-0.1, -0.05) is 0 Å². The van der Waals surface area contributed by atoms with Crippen LogP contribution in [0.5, 0.6) is 0 Å². The molecule has 7 heteroatoms. The highest BCUT2D eigenvalue weighted by atomic mass is 19.4. The van der Waals surface area contributed by atoms with Crippen molar-refractivity contribution in [2.75, 3.05) is 6.54 Å². The van der Waals surface area contributed by atoms with Crippen LogP contribution in [0.2, 0.25) is 0 Å². The fourth-order valence-corrected chi connectivity index (χ4v) is 0.955. The predicted octanol–water partition coefficient (Wildman–Crippen LogP) is 1.78. The second-order valence-corrected chi connectivity index (χ2v) is 2.92. The molecule has 0 bridgehead atoms. The van der Waals surface area contributed by atoms with Gasteiger partial charge in [-0.05, 0) is 6.42 Å². The second kappa shape index (κ2) is 4.81. The average molecular weight is 221 g/mol. The highest BCUT2D eigenvalue weighted by Crippen LogP contribution is 2.20. The summed E-state index contributed by atoms with van der Waals surface area (Å²) in [4.78, 5) is 14.8. The maximum Gasteiger partial charge on any atom is 0.389 e. The molecule has 1 heterocycles. The Bertz CT molecular complexity index is 307. The first-order valence-corrected chi connectivity index (χ1v) is 4.32. The number of hydrogen-bond acceptors (Lipinski definition) is 2. The lowest BCUT2D eigenvalue weighted by Gasteiger charge is -2.07. The van der Waals surface area contributed by atoms with Gasteiger partial charge in [0.1, 0.15) is 6.33 Å². The summed E-state index contributed by atoms with van der Waals surface area (Å²) in [6.45, 7) is -0.00345. The van der Waals surface area contributed by atoms with Crippen molar-refractivity contribution >= 4 is 6.03 Å². The number of nitrogens with one attached hydrogen (secondary N) is 1. The maximum absolute atomic E-state index is 11.7. The van der Waals surface area contributed by atoms with Gasteiger partial charge >= 0.3 is 12.2 Å². The molecule has 1 aromatic rings. The Morgan fingerprint density at radius 2 is 2.20 bits per heavy atom. The van der Waals surface area contributed by atoms with Crippen LogP contribution in [0.1, 0.15) is 12.8 Å². The summed E-state index contributed by atoms with van der Waals surface area (Å²) in [7, 11) is 0. The van der Waals surface area contributed by atoms with Gasteiger partial charge in [0.2, 0.25) is 0 Å². The Balaban J connectivity index is 2.19. The number of nitrogens with zero attached hydrogens (tertiary/aromatic N) is 2. The Morgan fingerprint density at radius 1 is 1.47 bits per heavy atom. The first kappa shape index (κ1) is 11.5. The molecule has 0 radical (unpaired) electrons. The van der Waals surface area contributed by atoms with Crippen molar-refractivity contribution in [3.05, 3.63) is 18.7 Å². The monoisotopic (exact) mass is 221 g/mol. The van der Waals surface area contributed by atoms with Crippen molar-refractivity contribution < 1.29 is 18.0 Å². The van der Waals surface area contributed by atoms with E-state index in [1.54, 1.807) is 0 Å². The molecule has 0 atom stereocenters. The van der Waals surface area contributed by atoms with Crippen LogP contribution < -0.4 is 5.32 Å². The SMILES string of the molecule is O=C(NCCCC(F)(F)F)n1ccnc1. The van der Waals surface area contributed by atoms with Crippen LogP contribution in [0.4, 0.5) is 18.0 Å². The minimum Gasteiger partial charge on any atom is -0.337 e. The van der Waals surface area contributed by atoms with Gasteiger partial charge < -0.3 is 5.32 Å². The Morgan fingerprint density at radius 3 is 2.73 bits per heavy atom. The van der Waals surface area contributed by atoms with Crippen LogP contribution >= 0.6 is 0 Å². The molecule has 15 heavy (non-hydrogen) atoms. The zero-order valence-electron chi connectivity index (χ0n) is 7.79. The first-order valence-electron chi connectivity index (χ1n) is 4.32. The third-order valence-electron chi connectivity index (χ3n) is 1.65. The van der Waals surface area contributed by atoms with Crippen molar-refractivity contribution in [1.29, 1.82) is 0 Å². The summed E-state index contributed by atoms with van der Waals surface area (Å²) in [5, 5.41) is 2.34. The normalized spacial score (nSPS) is 11.4. The van der Waals surface area contributed by atoms with E-state index < -0.39 is 18.6 Å². The van der Waals surface area contributed by atoms with E-state index in [9.17, 15) is 18.0 Å². The summed E-state index contributed by atoms with van der Waals surface area (Å²) in [6.07, 6.45) is -1.08. The molecular formula is C8H10F3N3O. The van der Waals surface area contributed by atoms with E-state index in [2.05, 4.69) is 10.3 Å².